The predicted molar refractivity (Wildman–Crippen MR) is 82.9 cm³/mol. The molecule has 0 saturated heterocycles. The fraction of sp³-hybridized carbons (Fsp3) is 0.200. The molecular formula is C15H16BrNO3. The van der Waals surface area contributed by atoms with E-state index in [0.29, 0.717) is 22.9 Å². The molecule has 0 atom stereocenters. The van der Waals surface area contributed by atoms with E-state index in [2.05, 4.69) is 15.9 Å². The molecule has 2 aromatic carbocycles. The maximum absolute atomic E-state index is 5.98. The molecule has 2 aromatic rings. The fourth-order valence-electron chi connectivity index (χ4n) is 1.81. The molecule has 0 aliphatic carbocycles. The highest BCUT2D eigenvalue weighted by molar-refractivity contribution is 9.10. The molecule has 4 nitrogen and oxygen atoms in total. The van der Waals surface area contributed by atoms with Crippen LogP contribution in [-0.2, 0) is 0 Å². The van der Waals surface area contributed by atoms with Gasteiger partial charge in [0.1, 0.15) is 5.75 Å². The third-order valence-corrected chi connectivity index (χ3v) is 3.37. The zero-order valence-corrected chi connectivity index (χ0v) is 13.2. The van der Waals surface area contributed by atoms with E-state index in [9.17, 15) is 0 Å². The van der Waals surface area contributed by atoms with E-state index in [4.69, 9.17) is 19.9 Å². The quantitative estimate of drug-likeness (QED) is 0.851. The SMILES string of the molecule is COc1cc(N)c(Oc2ccc(Br)cc2C)cc1OC. The molecule has 0 fully saturated rings. The Hall–Kier alpha value is -1.88. The first-order valence-corrected chi connectivity index (χ1v) is 6.80. The van der Waals surface area contributed by atoms with E-state index in [0.717, 1.165) is 15.8 Å². The van der Waals surface area contributed by atoms with E-state index >= 15 is 0 Å². The van der Waals surface area contributed by atoms with Gasteiger partial charge in [-0.2, -0.15) is 0 Å². The van der Waals surface area contributed by atoms with Gasteiger partial charge in [-0.25, -0.2) is 0 Å². The van der Waals surface area contributed by atoms with Crippen LogP contribution in [0.25, 0.3) is 0 Å². The highest BCUT2D eigenvalue weighted by Crippen LogP contribution is 2.39. The number of methoxy groups -OCH3 is 2. The first-order valence-electron chi connectivity index (χ1n) is 6.00. The Bertz CT molecular complexity index is 629. The van der Waals surface area contributed by atoms with Gasteiger partial charge < -0.3 is 19.9 Å². The van der Waals surface area contributed by atoms with Crippen molar-refractivity contribution in [3.05, 3.63) is 40.4 Å². The number of benzene rings is 2. The Morgan fingerprint density at radius 1 is 0.900 bits per heavy atom. The van der Waals surface area contributed by atoms with Gasteiger partial charge in [0, 0.05) is 16.6 Å². The van der Waals surface area contributed by atoms with Crippen molar-refractivity contribution < 1.29 is 14.2 Å². The van der Waals surface area contributed by atoms with E-state index < -0.39 is 0 Å². The molecule has 0 spiro atoms. The first-order chi connectivity index (χ1) is 9.55. The average Bonchev–Trinajstić information content (AvgIpc) is 2.43. The zero-order valence-electron chi connectivity index (χ0n) is 11.6. The summed E-state index contributed by atoms with van der Waals surface area (Å²) in [6.07, 6.45) is 0. The van der Waals surface area contributed by atoms with Crippen molar-refractivity contribution in [3.63, 3.8) is 0 Å². The van der Waals surface area contributed by atoms with Gasteiger partial charge in [0.05, 0.1) is 19.9 Å². The molecule has 2 N–H and O–H groups in total. The molecule has 0 radical (unpaired) electrons. The van der Waals surface area contributed by atoms with Crippen molar-refractivity contribution in [1.82, 2.24) is 0 Å². The molecule has 0 heterocycles. The van der Waals surface area contributed by atoms with Crippen molar-refractivity contribution in [2.75, 3.05) is 20.0 Å². The third-order valence-electron chi connectivity index (χ3n) is 2.87. The van der Waals surface area contributed by atoms with Crippen LogP contribution in [0.5, 0.6) is 23.0 Å². The summed E-state index contributed by atoms with van der Waals surface area (Å²) in [5, 5.41) is 0. The van der Waals surface area contributed by atoms with Crippen LogP contribution in [0.2, 0.25) is 0 Å². The summed E-state index contributed by atoms with van der Waals surface area (Å²) < 4.78 is 17.3. The number of ether oxygens (including phenoxy) is 3. The molecule has 0 saturated carbocycles. The molecule has 0 amide bonds. The Labute approximate surface area is 126 Å². The molecule has 0 aliphatic rings. The van der Waals surface area contributed by atoms with Gasteiger partial charge in [-0.3, -0.25) is 0 Å². The monoisotopic (exact) mass is 337 g/mol. The molecule has 0 bridgehead atoms. The van der Waals surface area contributed by atoms with Crippen molar-refractivity contribution >= 4 is 21.6 Å². The molecule has 2 rings (SSSR count). The second kappa shape index (κ2) is 6.05. The molecule has 0 aromatic heterocycles. The standard InChI is InChI=1S/C15H16BrNO3/c1-9-6-10(16)4-5-12(9)20-13-8-15(19-3)14(18-2)7-11(13)17/h4-8H,17H2,1-3H3. The minimum Gasteiger partial charge on any atom is -0.493 e. The van der Waals surface area contributed by atoms with Gasteiger partial charge in [0.2, 0.25) is 0 Å². The lowest BCUT2D eigenvalue weighted by molar-refractivity contribution is 0.352. The lowest BCUT2D eigenvalue weighted by atomic mass is 10.2. The summed E-state index contributed by atoms with van der Waals surface area (Å²) in [4.78, 5) is 0. The van der Waals surface area contributed by atoms with Gasteiger partial charge in [-0.1, -0.05) is 15.9 Å². The van der Waals surface area contributed by atoms with Crippen molar-refractivity contribution in [3.8, 4) is 23.0 Å². The van der Waals surface area contributed by atoms with Gasteiger partial charge in [0.25, 0.3) is 0 Å². The summed E-state index contributed by atoms with van der Waals surface area (Å²) in [6.45, 7) is 1.97. The van der Waals surface area contributed by atoms with Crippen molar-refractivity contribution in [1.29, 1.82) is 0 Å². The van der Waals surface area contributed by atoms with Crippen molar-refractivity contribution in [2.24, 2.45) is 0 Å². The second-order valence-electron chi connectivity index (χ2n) is 4.26. The van der Waals surface area contributed by atoms with E-state index in [1.807, 2.05) is 25.1 Å². The molecule has 106 valence electrons. The van der Waals surface area contributed by atoms with Gasteiger partial charge in [-0.05, 0) is 30.7 Å². The Balaban J connectivity index is 2.38. The van der Waals surface area contributed by atoms with E-state index in [1.165, 1.54) is 0 Å². The number of anilines is 1. The van der Waals surface area contributed by atoms with Crippen LogP contribution in [0, 0.1) is 6.92 Å². The van der Waals surface area contributed by atoms with Crippen LogP contribution in [0.1, 0.15) is 5.56 Å². The average molecular weight is 338 g/mol. The van der Waals surface area contributed by atoms with Gasteiger partial charge in [0.15, 0.2) is 17.2 Å². The van der Waals surface area contributed by atoms with Gasteiger partial charge in [-0.15, -0.1) is 0 Å². The maximum Gasteiger partial charge on any atom is 0.164 e. The third kappa shape index (κ3) is 2.99. The first kappa shape index (κ1) is 14.5. The summed E-state index contributed by atoms with van der Waals surface area (Å²) >= 11 is 3.42. The number of rotatable bonds is 4. The lowest BCUT2D eigenvalue weighted by Gasteiger charge is -2.14. The molecule has 0 unspecified atom stereocenters. The maximum atomic E-state index is 5.98. The zero-order chi connectivity index (χ0) is 14.7. The summed E-state index contributed by atoms with van der Waals surface area (Å²) in [6, 6.07) is 9.18. The molecular weight excluding hydrogens is 322 g/mol. The van der Waals surface area contributed by atoms with Crippen LogP contribution in [0.3, 0.4) is 0 Å². The number of hydrogen-bond donors (Lipinski definition) is 1. The van der Waals surface area contributed by atoms with Crippen molar-refractivity contribution in [2.45, 2.75) is 6.92 Å². The van der Waals surface area contributed by atoms with E-state index in [1.54, 1.807) is 26.4 Å². The largest absolute Gasteiger partial charge is 0.493 e. The van der Waals surface area contributed by atoms with Crippen LogP contribution < -0.4 is 19.9 Å². The Morgan fingerprint density at radius 2 is 1.55 bits per heavy atom. The summed E-state index contributed by atoms with van der Waals surface area (Å²) in [7, 11) is 3.14. The molecule has 5 heteroatoms. The second-order valence-corrected chi connectivity index (χ2v) is 5.17. The Kier molecular flexibility index (Phi) is 4.39. The normalized spacial score (nSPS) is 10.2. The number of halogens is 1. The highest BCUT2D eigenvalue weighted by atomic mass is 79.9. The smallest absolute Gasteiger partial charge is 0.164 e. The minimum absolute atomic E-state index is 0.491. The topological polar surface area (TPSA) is 53.7 Å². The Morgan fingerprint density at radius 3 is 2.15 bits per heavy atom. The van der Waals surface area contributed by atoms with Crippen LogP contribution in [0.4, 0.5) is 5.69 Å². The molecule has 20 heavy (non-hydrogen) atoms. The van der Waals surface area contributed by atoms with Gasteiger partial charge >= 0.3 is 0 Å². The lowest BCUT2D eigenvalue weighted by Crippen LogP contribution is -1.97. The van der Waals surface area contributed by atoms with Crippen LogP contribution in [0.15, 0.2) is 34.8 Å². The van der Waals surface area contributed by atoms with Crippen LogP contribution in [-0.4, -0.2) is 14.2 Å². The number of nitrogen functional groups attached to an aromatic ring is 1. The molecule has 0 aliphatic heterocycles. The number of nitrogens with two attached hydrogens (primary N) is 1. The van der Waals surface area contributed by atoms with E-state index in [-0.39, 0.29) is 0 Å². The highest BCUT2D eigenvalue weighted by Gasteiger charge is 2.12. The van der Waals surface area contributed by atoms with Crippen LogP contribution >= 0.6 is 15.9 Å². The predicted octanol–water partition coefficient (Wildman–Crippen LogP) is 4.15. The summed E-state index contributed by atoms with van der Waals surface area (Å²) in [5.74, 6) is 2.43. The fourth-order valence-corrected chi connectivity index (χ4v) is 2.29. The minimum atomic E-state index is 0.491. The number of aryl methyl sites for hydroxylation is 1. The number of hydrogen-bond acceptors (Lipinski definition) is 4. The summed E-state index contributed by atoms with van der Waals surface area (Å²) in [5.41, 5.74) is 7.48.